The Labute approximate surface area is 122 Å². The normalized spacial score (nSPS) is 13.1. The summed E-state index contributed by atoms with van der Waals surface area (Å²) in [6.07, 6.45) is 1.85. The van der Waals surface area contributed by atoms with Gasteiger partial charge in [-0.05, 0) is 24.2 Å². The summed E-state index contributed by atoms with van der Waals surface area (Å²) >= 11 is 5.46. The highest BCUT2D eigenvalue weighted by molar-refractivity contribution is 7.71. The van der Waals surface area contributed by atoms with E-state index in [1.807, 2.05) is 24.4 Å². The Morgan fingerprint density at radius 1 is 1.40 bits per heavy atom. The fourth-order valence-electron chi connectivity index (χ4n) is 2.62. The first-order valence-electron chi connectivity index (χ1n) is 6.66. The number of aromatic amines is 1. The number of ether oxygens (including phenoxy) is 1. The maximum absolute atomic E-state index is 5.46. The van der Waals surface area contributed by atoms with Crippen LogP contribution < -0.4 is 0 Å². The van der Waals surface area contributed by atoms with Gasteiger partial charge in [-0.15, -0.1) is 0 Å². The first kappa shape index (κ1) is 13.3. The topological polar surface area (TPSA) is 42.8 Å². The number of methoxy groups -OCH3 is 1. The van der Waals surface area contributed by atoms with Gasteiger partial charge in [0.1, 0.15) is 0 Å². The molecule has 0 saturated carbocycles. The Bertz CT molecular complexity index is 806. The highest BCUT2D eigenvalue weighted by atomic mass is 32.1. The molecular weight excluding hydrogens is 270 g/mol. The van der Waals surface area contributed by atoms with Crippen LogP contribution in [0.4, 0.5) is 0 Å². The van der Waals surface area contributed by atoms with Crippen LogP contribution in [0.2, 0.25) is 0 Å². The smallest absolute Gasteiger partial charge is 0.178 e. The van der Waals surface area contributed by atoms with Crippen LogP contribution in [0.5, 0.6) is 0 Å². The van der Waals surface area contributed by atoms with Crippen molar-refractivity contribution in [1.29, 1.82) is 0 Å². The van der Waals surface area contributed by atoms with Crippen LogP contribution in [-0.4, -0.2) is 28.3 Å². The largest absolute Gasteiger partial charge is 0.384 e. The van der Waals surface area contributed by atoms with Gasteiger partial charge in [0.15, 0.2) is 4.77 Å². The molecule has 0 aliphatic carbocycles. The lowest BCUT2D eigenvalue weighted by molar-refractivity contribution is 0.152. The van der Waals surface area contributed by atoms with Crippen molar-refractivity contribution < 1.29 is 4.74 Å². The van der Waals surface area contributed by atoms with Gasteiger partial charge in [-0.3, -0.25) is 4.98 Å². The number of hydrogen-bond acceptors (Lipinski definition) is 3. The lowest BCUT2D eigenvalue weighted by Crippen LogP contribution is -2.12. The summed E-state index contributed by atoms with van der Waals surface area (Å²) < 4.78 is 8.11. The molecular formula is C15H17N3OS. The molecule has 0 amide bonds. The molecule has 104 valence electrons. The average Bonchev–Trinajstić information content (AvgIpc) is 2.76. The van der Waals surface area contributed by atoms with Crippen molar-refractivity contribution in [1.82, 2.24) is 14.5 Å². The highest BCUT2D eigenvalue weighted by Gasteiger charge is 2.11. The fraction of sp³-hybridized carbons (Fsp3) is 0.333. The number of aromatic nitrogens is 3. The Kier molecular flexibility index (Phi) is 3.54. The zero-order valence-corrected chi connectivity index (χ0v) is 12.4. The monoisotopic (exact) mass is 287 g/mol. The minimum absolute atomic E-state index is 0.401. The Morgan fingerprint density at radius 3 is 3.00 bits per heavy atom. The molecule has 0 saturated heterocycles. The summed E-state index contributed by atoms with van der Waals surface area (Å²) in [4.78, 5) is 7.70. The number of H-pyrrole nitrogens is 1. The first-order chi connectivity index (χ1) is 9.70. The molecule has 2 heterocycles. The van der Waals surface area contributed by atoms with Gasteiger partial charge in [0.2, 0.25) is 0 Å². The molecule has 3 rings (SSSR count). The maximum atomic E-state index is 5.46. The number of benzene rings is 1. The molecule has 3 aromatic rings. The van der Waals surface area contributed by atoms with Crippen LogP contribution in [0.15, 0.2) is 30.5 Å². The van der Waals surface area contributed by atoms with Gasteiger partial charge < -0.3 is 14.3 Å². The van der Waals surface area contributed by atoms with Gasteiger partial charge in [-0.25, -0.2) is 0 Å². The van der Waals surface area contributed by atoms with Gasteiger partial charge in [-0.2, -0.15) is 0 Å². The van der Waals surface area contributed by atoms with Crippen LogP contribution >= 0.6 is 12.2 Å². The quantitative estimate of drug-likeness (QED) is 0.746. The molecule has 1 N–H and O–H groups in total. The van der Waals surface area contributed by atoms with Gasteiger partial charge in [0, 0.05) is 19.0 Å². The number of rotatable bonds is 4. The van der Waals surface area contributed by atoms with Gasteiger partial charge in [-0.1, -0.05) is 25.1 Å². The van der Waals surface area contributed by atoms with Crippen LogP contribution in [0, 0.1) is 10.7 Å². The van der Waals surface area contributed by atoms with Crippen LogP contribution in [0.1, 0.15) is 6.92 Å². The summed E-state index contributed by atoms with van der Waals surface area (Å²) in [6, 6.07) is 8.14. The van der Waals surface area contributed by atoms with Crippen molar-refractivity contribution in [3.8, 4) is 0 Å². The SMILES string of the molecule is COCC(C)Cn1c(=S)[nH]c2cnc3ccccc3c21. The molecule has 1 atom stereocenters. The molecule has 0 fully saturated rings. The minimum Gasteiger partial charge on any atom is -0.384 e. The van der Waals surface area contributed by atoms with Gasteiger partial charge in [0.25, 0.3) is 0 Å². The standard InChI is InChI=1S/C15H17N3OS/c1-10(9-19-2)8-18-14-11-5-3-4-6-12(11)16-7-13(14)17-15(18)20/h3-7,10H,8-9H2,1-2H3,(H,17,20). The molecule has 5 heteroatoms. The number of nitrogens with zero attached hydrogens (tertiary/aromatic N) is 2. The van der Waals surface area contributed by atoms with E-state index in [0.717, 1.165) is 39.9 Å². The number of hydrogen-bond donors (Lipinski definition) is 1. The predicted molar refractivity (Wildman–Crippen MR) is 83.5 cm³/mol. The van der Waals surface area contributed by atoms with Crippen molar-refractivity contribution in [3.63, 3.8) is 0 Å². The zero-order chi connectivity index (χ0) is 14.1. The van der Waals surface area contributed by atoms with Crippen LogP contribution in [0.25, 0.3) is 21.9 Å². The highest BCUT2D eigenvalue weighted by Crippen LogP contribution is 2.24. The summed E-state index contributed by atoms with van der Waals surface area (Å²) in [7, 11) is 1.73. The zero-order valence-electron chi connectivity index (χ0n) is 11.6. The second-order valence-corrected chi connectivity index (χ2v) is 5.53. The Hall–Kier alpha value is -1.72. The van der Waals surface area contributed by atoms with Crippen molar-refractivity contribution in [2.24, 2.45) is 5.92 Å². The second-order valence-electron chi connectivity index (χ2n) is 5.14. The fourth-order valence-corrected chi connectivity index (χ4v) is 2.89. The summed E-state index contributed by atoms with van der Waals surface area (Å²) in [5.74, 6) is 0.401. The molecule has 2 aromatic heterocycles. The molecule has 0 bridgehead atoms. The molecule has 0 radical (unpaired) electrons. The van der Waals surface area contributed by atoms with E-state index < -0.39 is 0 Å². The summed E-state index contributed by atoms with van der Waals surface area (Å²) in [5, 5.41) is 1.13. The van der Waals surface area contributed by atoms with E-state index in [1.54, 1.807) is 7.11 Å². The van der Waals surface area contributed by atoms with E-state index in [-0.39, 0.29) is 0 Å². The van der Waals surface area contributed by atoms with E-state index in [1.165, 1.54) is 0 Å². The Balaban J connectivity index is 2.22. The van der Waals surface area contributed by atoms with Crippen molar-refractivity contribution in [3.05, 3.63) is 35.2 Å². The molecule has 0 aliphatic rings. The third-order valence-corrected chi connectivity index (χ3v) is 3.77. The van der Waals surface area contributed by atoms with Gasteiger partial charge >= 0.3 is 0 Å². The third-order valence-electron chi connectivity index (χ3n) is 3.45. The maximum Gasteiger partial charge on any atom is 0.178 e. The van der Waals surface area contributed by atoms with E-state index in [2.05, 4.69) is 27.5 Å². The average molecular weight is 287 g/mol. The molecule has 1 unspecified atom stereocenters. The van der Waals surface area contributed by atoms with Crippen molar-refractivity contribution >= 4 is 34.2 Å². The van der Waals surface area contributed by atoms with E-state index in [9.17, 15) is 0 Å². The lowest BCUT2D eigenvalue weighted by atomic mass is 10.1. The third kappa shape index (κ3) is 2.23. The minimum atomic E-state index is 0.401. The summed E-state index contributed by atoms with van der Waals surface area (Å²) in [6.45, 7) is 3.71. The summed E-state index contributed by atoms with van der Waals surface area (Å²) in [5.41, 5.74) is 3.10. The molecule has 4 nitrogen and oxygen atoms in total. The van der Waals surface area contributed by atoms with E-state index in [0.29, 0.717) is 5.92 Å². The van der Waals surface area contributed by atoms with E-state index in [4.69, 9.17) is 17.0 Å². The number of fused-ring (bicyclic) bond motifs is 3. The molecule has 1 aromatic carbocycles. The first-order valence-corrected chi connectivity index (χ1v) is 7.06. The van der Waals surface area contributed by atoms with Gasteiger partial charge in [0.05, 0.1) is 29.4 Å². The van der Waals surface area contributed by atoms with Crippen molar-refractivity contribution in [2.75, 3.05) is 13.7 Å². The van der Waals surface area contributed by atoms with Crippen LogP contribution in [-0.2, 0) is 11.3 Å². The molecule has 20 heavy (non-hydrogen) atoms. The van der Waals surface area contributed by atoms with Crippen LogP contribution in [0.3, 0.4) is 0 Å². The second kappa shape index (κ2) is 5.34. The number of nitrogens with one attached hydrogen (secondary N) is 1. The number of pyridine rings is 1. The predicted octanol–water partition coefficient (Wildman–Crippen LogP) is 3.53. The Morgan fingerprint density at radius 2 is 2.20 bits per heavy atom. The number of imidazole rings is 1. The molecule has 0 spiro atoms. The molecule has 0 aliphatic heterocycles. The van der Waals surface area contributed by atoms with E-state index >= 15 is 0 Å². The number of para-hydroxylation sites is 1. The lowest BCUT2D eigenvalue weighted by Gasteiger charge is -2.12. The van der Waals surface area contributed by atoms with Crippen molar-refractivity contribution in [2.45, 2.75) is 13.5 Å².